The van der Waals surface area contributed by atoms with Crippen molar-refractivity contribution in [1.29, 1.82) is 0 Å². The third kappa shape index (κ3) is 8.92. The van der Waals surface area contributed by atoms with Crippen molar-refractivity contribution in [2.45, 2.75) is 51.9 Å². The molecule has 0 saturated carbocycles. The van der Waals surface area contributed by atoms with Crippen molar-refractivity contribution in [1.82, 2.24) is 0 Å². The number of unbranched alkanes of at least 4 members (excludes halogenated alkanes) is 6. The van der Waals surface area contributed by atoms with E-state index in [1.165, 1.54) is 25.7 Å². The van der Waals surface area contributed by atoms with Gasteiger partial charge in [-0.05, 0) is 6.42 Å². The topological polar surface area (TPSA) is 43.4 Å². The largest absolute Gasteiger partial charge is 0.269 e. The molecule has 0 aromatic carbocycles. The minimum absolute atomic E-state index is 0.143. The Labute approximate surface area is 90.0 Å². The second kappa shape index (κ2) is 8.63. The van der Waals surface area contributed by atoms with Gasteiger partial charge in [0.15, 0.2) is 0 Å². The van der Waals surface area contributed by atoms with Gasteiger partial charge in [-0.25, -0.2) is 0 Å². The Morgan fingerprint density at radius 1 is 1.00 bits per heavy atom. The molecule has 0 radical (unpaired) electrons. The SMILES string of the molecule is CCCCCCCCCS(=O)(=O)OP. The molecule has 0 fully saturated rings. The summed E-state index contributed by atoms with van der Waals surface area (Å²) in [6.07, 6.45) is 7.84. The number of hydrogen-bond acceptors (Lipinski definition) is 3. The molecule has 0 bridgehead atoms. The Morgan fingerprint density at radius 3 is 2.00 bits per heavy atom. The highest BCUT2D eigenvalue weighted by molar-refractivity contribution is 7.88. The Hall–Kier alpha value is 0.340. The van der Waals surface area contributed by atoms with Gasteiger partial charge in [-0.1, -0.05) is 45.4 Å². The van der Waals surface area contributed by atoms with Crippen molar-refractivity contribution in [3.8, 4) is 0 Å². The first-order chi connectivity index (χ1) is 6.62. The molecule has 3 nitrogen and oxygen atoms in total. The van der Waals surface area contributed by atoms with E-state index in [2.05, 4.69) is 10.9 Å². The summed E-state index contributed by atoms with van der Waals surface area (Å²) in [5.74, 6) is 0.143. The summed E-state index contributed by atoms with van der Waals surface area (Å²) in [7, 11) is -1.47. The van der Waals surface area contributed by atoms with Crippen LogP contribution < -0.4 is 0 Å². The maximum atomic E-state index is 10.9. The fourth-order valence-electron chi connectivity index (χ4n) is 1.28. The van der Waals surface area contributed by atoms with Crippen LogP contribution in [0.25, 0.3) is 0 Å². The van der Waals surface area contributed by atoms with Crippen LogP contribution in [0.1, 0.15) is 51.9 Å². The average molecular weight is 240 g/mol. The van der Waals surface area contributed by atoms with Crippen LogP contribution in [0.15, 0.2) is 0 Å². The van der Waals surface area contributed by atoms with E-state index in [-0.39, 0.29) is 5.75 Å². The van der Waals surface area contributed by atoms with Crippen molar-refractivity contribution in [3.05, 3.63) is 0 Å². The molecular weight excluding hydrogens is 219 g/mol. The fourth-order valence-corrected chi connectivity index (χ4v) is 2.23. The summed E-state index contributed by atoms with van der Waals surface area (Å²) in [5, 5.41) is 0. The van der Waals surface area contributed by atoms with Crippen LogP contribution in [-0.4, -0.2) is 14.2 Å². The molecule has 0 amide bonds. The molecule has 0 aliphatic heterocycles. The van der Waals surface area contributed by atoms with Crippen molar-refractivity contribution in [2.75, 3.05) is 5.75 Å². The highest BCUT2D eigenvalue weighted by atomic mass is 32.2. The zero-order valence-electron chi connectivity index (χ0n) is 8.87. The van der Waals surface area contributed by atoms with Gasteiger partial charge in [0.05, 0.1) is 5.75 Å². The molecule has 0 aliphatic carbocycles. The lowest BCUT2D eigenvalue weighted by atomic mass is 10.1. The second-order valence-corrected chi connectivity index (χ2v) is 5.77. The Morgan fingerprint density at radius 2 is 1.50 bits per heavy atom. The molecule has 1 atom stereocenters. The first-order valence-electron chi connectivity index (χ1n) is 5.23. The van der Waals surface area contributed by atoms with Gasteiger partial charge < -0.3 is 0 Å². The molecule has 1 unspecified atom stereocenters. The standard InChI is InChI=1S/C9H21O3PS/c1-2-3-4-5-6-7-8-9-14(10,11)12-13/h2-9,13H2,1H3. The first-order valence-corrected chi connectivity index (χ1v) is 7.28. The highest BCUT2D eigenvalue weighted by Gasteiger charge is 2.06. The van der Waals surface area contributed by atoms with Crippen LogP contribution in [-0.2, 0) is 14.1 Å². The third-order valence-electron chi connectivity index (χ3n) is 2.14. The van der Waals surface area contributed by atoms with Crippen LogP contribution in [0.2, 0.25) is 0 Å². The maximum Gasteiger partial charge on any atom is 0.269 e. The van der Waals surface area contributed by atoms with Crippen molar-refractivity contribution in [3.63, 3.8) is 0 Å². The zero-order valence-corrected chi connectivity index (χ0v) is 10.8. The second-order valence-electron chi connectivity index (χ2n) is 3.48. The summed E-state index contributed by atoms with van der Waals surface area (Å²) >= 11 is 0. The van der Waals surface area contributed by atoms with E-state index in [0.29, 0.717) is 6.42 Å². The predicted molar refractivity (Wildman–Crippen MR) is 62.6 cm³/mol. The number of rotatable bonds is 9. The van der Waals surface area contributed by atoms with E-state index < -0.39 is 10.1 Å². The molecule has 0 aromatic heterocycles. The molecule has 0 rings (SSSR count). The summed E-state index contributed by atoms with van der Waals surface area (Å²) in [5.41, 5.74) is 0. The lowest BCUT2D eigenvalue weighted by molar-refractivity contribution is 0.511. The lowest BCUT2D eigenvalue weighted by Gasteiger charge is -2.01. The maximum absolute atomic E-state index is 10.9. The lowest BCUT2D eigenvalue weighted by Crippen LogP contribution is -2.04. The van der Waals surface area contributed by atoms with Gasteiger partial charge in [0, 0.05) is 9.47 Å². The molecular formula is C9H21O3PS. The molecule has 5 heteroatoms. The van der Waals surface area contributed by atoms with E-state index in [4.69, 9.17) is 0 Å². The van der Waals surface area contributed by atoms with Crippen molar-refractivity contribution >= 4 is 19.6 Å². The van der Waals surface area contributed by atoms with E-state index in [9.17, 15) is 8.42 Å². The van der Waals surface area contributed by atoms with Crippen LogP contribution >= 0.6 is 9.47 Å². The summed E-state index contributed by atoms with van der Waals surface area (Å²) in [6, 6.07) is 0. The van der Waals surface area contributed by atoms with Gasteiger partial charge in [0.25, 0.3) is 10.1 Å². The van der Waals surface area contributed by atoms with Crippen LogP contribution in [0.5, 0.6) is 0 Å². The monoisotopic (exact) mass is 240 g/mol. The van der Waals surface area contributed by atoms with Gasteiger partial charge in [-0.15, -0.1) is 0 Å². The molecule has 86 valence electrons. The molecule has 0 heterocycles. The van der Waals surface area contributed by atoms with Crippen LogP contribution in [0.4, 0.5) is 0 Å². The molecule has 14 heavy (non-hydrogen) atoms. The molecule has 0 saturated heterocycles. The average Bonchev–Trinajstić information content (AvgIpc) is 2.16. The Bertz CT molecular complexity index is 214. The summed E-state index contributed by atoms with van der Waals surface area (Å²) in [4.78, 5) is 0. The van der Waals surface area contributed by atoms with Crippen LogP contribution in [0.3, 0.4) is 0 Å². The van der Waals surface area contributed by atoms with E-state index in [1.54, 1.807) is 9.47 Å². The zero-order chi connectivity index (χ0) is 10.9. The minimum Gasteiger partial charge on any atom is -0.254 e. The van der Waals surface area contributed by atoms with Gasteiger partial charge in [0.1, 0.15) is 0 Å². The first kappa shape index (κ1) is 14.3. The summed E-state index contributed by atoms with van der Waals surface area (Å²) < 4.78 is 26.1. The van der Waals surface area contributed by atoms with Crippen molar-refractivity contribution < 1.29 is 12.4 Å². The molecule has 0 aliphatic rings. The number of hydrogen-bond donors (Lipinski definition) is 0. The smallest absolute Gasteiger partial charge is 0.254 e. The van der Waals surface area contributed by atoms with E-state index in [0.717, 1.165) is 12.8 Å². The highest BCUT2D eigenvalue weighted by Crippen LogP contribution is 2.09. The summed E-state index contributed by atoms with van der Waals surface area (Å²) in [6.45, 7) is 2.18. The Kier molecular flexibility index (Phi) is 8.84. The molecule has 0 spiro atoms. The van der Waals surface area contributed by atoms with Crippen LogP contribution in [0, 0.1) is 0 Å². The van der Waals surface area contributed by atoms with Gasteiger partial charge in [0.2, 0.25) is 0 Å². The third-order valence-corrected chi connectivity index (χ3v) is 4.11. The van der Waals surface area contributed by atoms with E-state index in [1.807, 2.05) is 0 Å². The molecule has 0 aromatic rings. The van der Waals surface area contributed by atoms with Gasteiger partial charge in [-0.3, -0.25) is 3.97 Å². The fraction of sp³-hybridized carbons (Fsp3) is 1.00. The Balaban J connectivity index is 3.22. The molecule has 0 N–H and O–H groups in total. The van der Waals surface area contributed by atoms with Gasteiger partial charge >= 0.3 is 0 Å². The van der Waals surface area contributed by atoms with E-state index >= 15 is 0 Å². The van der Waals surface area contributed by atoms with Crippen molar-refractivity contribution in [2.24, 2.45) is 0 Å². The predicted octanol–water partition coefficient (Wildman–Crippen LogP) is 2.87. The normalized spacial score (nSPS) is 11.9. The van der Waals surface area contributed by atoms with Gasteiger partial charge in [-0.2, -0.15) is 8.42 Å². The minimum atomic E-state index is -3.25. The quantitative estimate of drug-likeness (QED) is 0.460.